The van der Waals surface area contributed by atoms with Crippen molar-refractivity contribution in [2.45, 2.75) is 32.2 Å². The summed E-state index contributed by atoms with van der Waals surface area (Å²) in [6, 6.07) is 0.129. The van der Waals surface area contributed by atoms with Gasteiger partial charge >= 0.3 is 0 Å². The monoisotopic (exact) mass is 194 g/mol. The highest BCUT2D eigenvalue weighted by atomic mass is 32.2. The molecule has 3 N–H and O–H groups in total. The third-order valence-electron chi connectivity index (χ3n) is 1.71. The maximum absolute atomic E-state index is 10.8. The molecule has 0 aromatic carbocycles. The molecule has 0 fully saturated rings. The second-order valence-corrected chi connectivity index (χ2v) is 5.33. The van der Waals surface area contributed by atoms with Gasteiger partial charge in [-0.2, -0.15) is 0 Å². The van der Waals surface area contributed by atoms with Gasteiger partial charge in [-0.05, 0) is 12.8 Å². The molecule has 0 saturated heterocycles. The summed E-state index contributed by atoms with van der Waals surface area (Å²) in [5.74, 6) is 5.45. The van der Waals surface area contributed by atoms with Gasteiger partial charge in [0.2, 0.25) is 0 Å². The first-order chi connectivity index (χ1) is 5.49. The first kappa shape index (κ1) is 11.9. The molecule has 5 heteroatoms. The highest BCUT2D eigenvalue weighted by Crippen LogP contribution is 2.02. The van der Waals surface area contributed by atoms with Gasteiger partial charge in [-0.1, -0.05) is 13.3 Å². The van der Waals surface area contributed by atoms with Crippen LogP contribution >= 0.6 is 0 Å². The van der Waals surface area contributed by atoms with Crippen LogP contribution in [0.25, 0.3) is 0 Å². The molecule has 0 heterocycles. The number of rotatable bonds is 6. The van der Waals surface area contributed by atoms with Crippen molar-refractivity contribution < 1.29 is 8.42 Å². The van der Waals surface area contributed by atoms with E-state index in [-0.39, 0.29) is 11.8 Å². The third kappa shape index (κ3) is 6.57. The number of hydrogen-bond acceptors (Lipinski definition) is 4. The van der Waals surface area contributed by atoms with Gasteiger partial charge in [0.05, 0.1) is 5.75 Å². The average molecular weight is 194 g/mol. The van der Waals surface area contributed by atoms with Crippen LogP contribution in [0, 0.1) is 0 Å². The summed E-state index contributed by atoms with van der Waals surface area (Å²) in [5, 5.41) is 0. The summed E-state index contributed by atoms with van der Waals surface area (Å²) < 4.78 is 21.6. The van der Waals surface area contributed by atoms with E-state index < -0.39 is 9.84 Å². The standard InChI is InChI=1S/C7H18N2O2S/c1-3-4-7(9-8)5-6-12(2,10)11/h7,9H,3-6,8H2,1-2H3. The van der Waals surface area contributed by atoms with Crippen molar-refractivity contribution in [2.75, 3.05) is 12.0 Å². The van der Waals surface area contributed by atoms with E-state index in [9.17, 15) is 8.42 Å². The zero-order valence-corrected chi connectivity index (χ0v) is 8.52. The van der Waals surface area contributed by atoms with Gasteiger partial charge in [-0.3, -0.25) is 11.3 Å². The number of sulfone groups is 1. The fourth-order valence-corrected chi connectivity index (χ4v) is 1.73. The lowest BCUT2D eigenvalue weighted by molar-refractivity contribution is 0.474. The molecule has 12 heavy (non-hydrogen) atoms. The predicted octanol–water partition coefficient (Wildman–Crippen LogP) is 0.0531. The minimum atomic E-state index is -2.84. The average Bonchev–Trinajstić information content (AvgIpc) is 1.96. The molecule has 0 spiro atoms. The number of hydrogen-bond donors (Lipinski definition) is 2. The maximum Gasteiger partial charge on any atom is 0.147 e. The highest BCUT2D eigenvalue weighted by Gasteiger charge is 2.09. The Bertz CT molecular complexity index is 201. The molecule has 1 unspecified atom stereocenters. The first-order valence-electron chi connectivity index (χ1n) is 4.13. The Labute approximate surface area is 74.4 Å². The van der Waals surface area contributed by atoms with E-state index in [1.54, 1.807) is 0 Å². The Hall–Kier alpha value is -0.130. The molecular formula is C7H18N2O2S. The van der Waals surface area contributed by atoms with Crippen LogP contribution in [-0.4, -0.2) is 26.5 Å². The molecule has 0 saturated carbocycles. The zero-order valence-electron chi connectivity index (χ0n) is 7.71. The van der Waals surface area contributed by atoms with Gasteiger partial charge in [0, 0.05) is 12.3 Å². The van der Waals surface area contributed by atoms with E-state index in [4.69, 9.17) is 5.84 Å². The van der Waals surface area contributed by atoms with Crippen molar-refractivity contribution in [1.82, 2.24) is 5.43 Å². The number of hydrazine groups is 1. The van der Waals surface area contributed by atoms with E-state index in [2.05, 4.69) is 5.43 Å². The summed E-state index contributed by atoms with van der Waals surface area (Å²) in [6.07, 6.45) is 3.78. The van der Waals surface area contributed by atoms with Crippen LogP contribution in [0.15, 0.2) is 0 Å². The molecule has 0 aliphatic heterocycles. The molecule has 0 aliphatic carbocycles. The quantitative estimate of drug-likeness (QED) is 0.463. The molecule has 74 valence electrons. The second kappa shape index (κ2) is 5.50. The molecule has 0 amide bonds. The van der Waals surface area contributed by atoms with Gasteiger partial charge in [-0.15, -0.1) is 0 Å². The highest BCUT2D eigenvalue weighted by molar-refractivity contribution is 7.90. The van der Waals surface area contributed by atoms with E-state index >= 15 is 0 Å². The molecular weight excluding hydrogens is 176 g/mol. The Balaban J connectivity index is 3.73. The lowest BCUT2D eigenvalue weighted by Gasteiger charge is -2.13. The van der Waals surface area contributed by atoms with Crippen LogP contribution < -0.4 is 11.3 Å². The Morgan fingerprint density at radius 3 is 2.33 bits per heavy atom. The van der Waals surface area contributed by atoms with Gasteiger partial charge < -0.3 is 0 Å². The zero-order chi connectivity index (χ0) is 9.61. The molecule has 0 aromatic rings. The van der Waals surface area contributed by atoms with E-state index in [0.29, 0.717) is 6.42 Å². The lowest BCUT2D eigenvalue weighted by atomic mass is 10.1. The summed E-state index contributed by atoms with van der Waals surface area (Å²) in [4.78, 5) is 0. The van der Waals surface area contributed by atoms with E-state index in [1.807, 2.05) is 6.92 Å². The summed E-state index contributed by atoms with van der Waals surface area (Å²) >= 11 is 0. The van der Waals surface area contributed by atoms with Crippen LogP contribution in [0.4, 0.5) is 0 Å². The fourth-order valence-electron chi connectivity index (χ4n) is 1.02. The topological polar surface area (TPSA) is 72.2 Å². The summed E-state index contributed by atoms with van der Waals surface area (Å²) in [5.41, 5.74) is 2.61. The number of nitrogens with one attached hydrogen (secondary N) is 1. The summed E-state index contributed by atoms with van der Waals surface area (Å²) in [6.45, 7) is 2.05. The normalized spacial score (nSPS) is 14.6. The Kier molecular flexibility index (Phi) is 5.44. The van der Waals surface area contributed by atoms with Crippen LogP contribution in [0.5, 0.6) is 0 Å². The Morgan fingerprint density at radius 1 is 1.42 bits per heavy atom. The molecule has 1 atom stereocenters. The SMILES string of the molecule is CCCC(CCS(C)(=O)=O)NN. The van der Waals surface area contributed by atoms with Gasteiger partial charge in [0.25, 0.3) is 0 Å². The van der Waals surface area contributed by atoms with Gasteiger partial charge in [0.1, 0.15) is 9.84 Å². The minimum Gasteiger partial charge on any atom is -0.271 e. The molecule has 0 bridgehead atoms. The summed E-state index contributed by atoms with van der Waals surface area (Å²) in [7, 11) is -2.84. The maximum atomic E-state index is 10.8. The molecule has 0 radical (unpaired) electrons. The minimum absolute atomic E-state index is 0.129. The number of nitrogens with two attached hydrogens (primary N) is 1. The first-order valence-corrected chi connectivity index (χ1v) is 6.19. The van der Waals surface area contributed by atoms with Crippen LogP contribution in [0.2, 0.25) is 0 Å². The largest absolute Gasteiger partial charge is 0.271 e. The smallest absolute Gasteiger partial charge is 0.147 e. The van der Waals surface area contributed by atoms with Crippen LogP contribution in [0.1, 0.15) is 26.2 Å². The van der Waals surface area contributed by atoms with Gasteiger partial charge in [-0.25, -0.2) is 8.42 Å². The van der Waals surface area contributed by atoms with Crippen molar-refractivity contribution in [3.8, 4) is 0 Å². The molecule has 0 aliphatic rings. The van der Waals surface area contributed by atoms with Crippen molar-refractivity contribution in [3.63, 3.8) is 0 Å². The predicted molar refractivity (Wildman–Crippen MR) is 50.3 cm³/mol. The third-order valence-corrected chi connectivity index (χ3v) is 2.69. The molecule has 4 nitrogen and oxygen atoms in total. The molecule has 0 aromatic heterocycles. The van der Waals surface area contributed by atoms with Gasteiger partial charge in [0.15, 0.2) is 0 Å². The molecule has 0 rings (SSSR count). The Morgan fingerprint density at radius 2 is 2.00 bits per heavy atom. The van der Waals surface area contributed by atoms with Crippen molar-refractivity contribution in [1.29, 1.82) is 0 Å². The van der Waals surface area contributed by atoms with Crippen molar-refractivity contribution in [2.24, 2.45) is 5.84 Å². The van der Waals surface area contributed by atoms with Crippen LogP contribution in [0.3, 0.4) is 0 Å². The lowest BCUT2D eigenvalue weighted by Crippen LogP contribution is -2.36. The second-order valence-electron chi connectivity index (χ2n) is 3.07. The van der Waals surface area contributed by atoms with E-state index in [0.717, 1.165) is 12.8 Å². The fraction of sp³-hybridized carbons (Fsp3) is 1.00. The van der Waals surface area contributed by atoms with Crippen molar-refractivity contribution >= 4 is 9.84 Å². The van der Waals surface area contributed by atoms with Crippen LogP contribution in [-0.2, 0) is 9.84 Å². The van der Waals surface area contributed by atoms with E-state index in [1.165, 1.54) is 6.26 Å². The van der Waals surface area contributed by atoms with Crippen molar-refractivity contribution in [3.05, 3.63) is 0 Å².